The van der Waals surface area contributed by atoms with E-state index in [9.17, 15) is 5.26 Å². The predicted molar refractivity (Wildman–Crippen MR) is 85.8 cm³/mol. The van der Waals surface area contributed by atoms with Crippen LogP contribution in [0.3, 0.4) is 0 Å². The lowest BCUT2D eigenvalue weighted by Gasteiger charge is -2.31. The second-order valence-corrected chi connectivity index (χ2v) is 7.91. The van der Waals surface area contributed by atoms with Crippen LogP contribution in [0.15, 0.2) is 0 Å². The van der Waals surface area contributed by atoms with Crippen LogP contribution in [0, 0.1) is 35.0 Å². The monoisotopic (exact) mass is 289 g/mol. The summed E-state index contributed by atoms with van der Waals surface area (Å²) in [6, 6.07) is 2.57. The molecule has 21 heavy (non-hydrogen) atoms. The van der Waals surface area contributed by atoms with Crippen molar-refractivity contribution in [3.63, 3.8) is 0 Å². The van der Waals surface area contributed by atoms with E-state index in [0.717, 1.165) is 30.7 Å². The van der Waals surface area contributed by atoms with Gasteiger partial charge in [-0.1, -0.05) is 12.8 Å². The van der Waals surface area contributed by atoms with Crippen molar-refractivity contribution in [3.8, 4) is 6.07 Å². The standard InChI is InChI=1S/C18H31N3/c1-20-18(13-19)8-3-4-17(18)7-9-21(2)12-16-11-14-5-6-15(16)10-14/h14-17,20H,3-12H2,1-2H3. The van der Waals surface area contributed by atoms with Gasteiger partial charge in [0, 0.05) is 6.54 Å². The molecular weight excluding hydrogens is 258 g/mol. The van der Waals surface area contributed by atoms with Gasteiger partial charge >= 0.3 is 0 Å². The first-order chi connectivity index (χ1) is 10.2. The van der Waals surface area contributed by atoms with Crippen molar-refractivity contribution < 1.29 is 0 Å². The molecule has 5 unspecified atom stereocenters. The van der Waals surface area contributed by atoms with Gasteiger partial charge < -0.3 is 10.2 Å². The lowest BCUT2D eigenvalue weighted by Crippen LogP contribution is -2.45. The summed E-state index contributed by atoms with van der Waals surface area (Å²) in [6.45, 7) is 2.44. The Balaban J connectivity index is 1.45. The smallest absolute Gasteiger partial charge is 0.109 e. The van der Waals surface area contributed by atoms with E-state index >= 15 is 0 Å². The molecule has 0 aromatic carbocycles. The Morgan fingerprint density at radius 1 is 1.29 bits per heavy atom. The van der Waals surface area contributed by atoms with E-state index in [-0.39, 0.29) is 5.54 Å². The summed E-state index contributed by atoms with van der Waals surface area (Å²) in [5.74, 6) is 3.58. The Labute approximate surface area is 130 Å². The molecule has 3 saturated carbocycles. The molecule has 3 rings (SSSR count). The molecule has 0 aromatic rings. The molecule has 0 aliphatic heterocycles. The van der Waals surface area contributed by atoms with Crippen LogP contribution in [0.1, 0.15) is 51.4 Å². The Morgan fingerprint density at radius 3 is 2.76 bits per heavy atom. The Morgan fingerprint density at radius 2 is 2.14 bits per heavy atom. The second kappa shape index (κ2) is 6.26. The first-order valence-electron chi connectivity index (χ1n) is 8.95. The minimum atomic E-state index is -0.243. The molecule has 0 amide bonds. The van der Waals surface area contributed by atoms with E-state index in [4.69, 9.17) is 0 Å². The number of hydrogen-bond acceptors (Lipinski definition) is 3. The Bertz CT molecular complexity index is 402. The molecule has 1 N–H and O–H groups in total. The number of hydrogen-bond donors (Lipinski definition) is 1. The molecule has 118 valence electrons. The van der Waals surface area contributed by atoms with Gasteiger partial charge in [-0.25, -0.2) is 0 Å². The zero-order valence-corrected chi connectivity index (χ0v) is 13.8. The average molecular weight is 289 g/mol. The van der Waals surface area contributed by atoms with Gasteiger partial charge in [0.15, 0.2) is 0 Å². The quantitative estimate of drug-likeness (QED) is 0.817. The van der Waals surface area contributed by atoms with Gasteiger partial charge in [0.2, 0.25) is 0 Å². The topological polar surface area (TPSA) is 39.1 Å². The van der Waals surface area contributed by atoms with Crippen molar-refractivity contribution in [1.82, 2.24) is 10.2 Å². The van der Waals surface area contributed by atoms with Crippen LogP contribution in [0.25, 0.3) is 0 Å². The van der Waals surface area contributed by atoms with Crippen molar-refractivity contribution >= 4 is 0 Å². The number of nitrogens with zero attached hydrogens (tertiary/aromatic N) is 2. The fourth-order valence-corrected chi connectivity index (χ4v) is 5.47. The molecule has 3 aliphatic rings. The van der Waals surface area contributed by atoms with E-state index in [1.165, 1.54) is 51.5 Å². The Kier molecular flexibility index (Phi) is 4.57. The molecule has 3 heteroatoms. The summed E-state index contributed by atoms with van der Waals surface area (Å²) >= 11 is 0. The summed E-state index contributed by atoms with van der Waals surface area (Å²) in [5, 5.41) is 12.8. The van der Waals surface area contributed by atoms with E-state index in [1.807, 2.05) is 7.05 Å². The molecule has 3 aliphatic carbocycles. The summed E-state index contributed by atoms with van der Waals surface area (Å²) < 4.78 is 0. The molecule has 3 nitrogen and oxygen atoms in total. The fourth-order valence-electron chi connectivity index (χ4n) is 5.47. The summed E-state index contributed by atoms with van der Waals surface area (Å²) in [5.41, 5.74) is -0.243. The minimum Gasteiger partial charge on any atom is -0.306 e. The highest BCUT2D eigenvalue weighted by molar-refractivity contribution is 5.13. The van der Waals surface area contributed by atoms with E-state index < -0.39 is 0 Å². The SMILES string of the molecule is CNC1(C#N)CCCC1CCN(C)CC1CC2CCC1C2. The van der Waals surface area contributed by atoms with Gasteiger partial charge in [-0.3, -0.25) is 0 Å². The van der Waals surface area contributed by atoms with Gasteiger partial charge in [0.25, 0.3) is 0 Å². The third kappa shape index (κ3) is 2.98. The maximum absolute atomic E-state index is 9.53. The van der Waals surface area contributed by atoms with Crippen LogP contribution in [0.5, 0.6) is 0 Å². The minimum absolute atomic E-state index is 0.243. The number of nitrogens with one attached hydrogen (secondary N) is 1. The normalized spacial score (nSPS) is 41.8. The highest BCUT2D eigenvalue weighted by atomic mass is 15.1. The van der Waals surface area contributed by atoms with Crippen LogP contribution < -0.4 is 5.32 Å². The summed E-state index contributed by atoms with van der Waals surface area (Å²) in [6.07, 6.45) is 10.6. The van der Waals surface area contributed by atoms with Gasteiger partial charge in [-0.15, -0.1) is 0 Å². The second-order valence-electron chi connectivity index (χ2n) is 7.91. The van der Waals surface area contributed by atoms with Crippen LogP contribution in [0.4, 0.5) is 0 Å². The average Bonchev–Trinajstić information content (AvgIpc) is 3.20. The van der Waals surface area contributed by atoms with E-state index in [2.05, 4.69) is 23.3 Å². The predicted octanol–water partition coefficient (Wildman–Crippen LogP) is 3.03. The van der Waals surface area contributed by atoms with Crippen molar-refractivity contribution in [2.24, 2.45) is 23.7 Å². The highest BCUT2D eigenvalue weighted by Crippen LogP contribution is 2.48. The first-order valence-corrected chi connectivity index (χ1v) is 8.95. The third-order valence-electron chi connectivity index (χ3n) is 6.76. The number of rotatable bonds is 6. The van der Waals surface area contributed by atoms with Gasteiger partial charge in [-0.2, -0.15) is 5.26 Å². The van der Waals surface area contributed by atoms with Crippen LogP contribution in [0.2, 0.25) is 0 Å². The van der Waals surface area contributed by atoms with Crippen molar-refractivity contribution in [2.75, 3.05) is 27.2 Å². The van der Waals surface area contributed by atoms with Crippen molar-refractivity contribution in [3.05, 3.63) is 0 Å². The Hall–Kier alpha value is -0.590. The molecule has 0 radical (unpaired) electrons. The molecule has 0 heterocycles. The van der Waals surface area contributed by atoms with Crippen molar-refractivity contribution in [2.45, 2.75) is 56.9 Å². The lowest BCUT2D eigenvalue weighted by atomic mass is 9.85. The van der Waals surface area contributed by atoms with Crippen LogP contribution in [-0.2, 0) is 0 Å². The van der Waals surface area contributed by atoms with Gasteiger partial charge in [0.1, 0.15) is 5.54 Å². The largest absolute Gasteiger partial charge is 0.306 e. The molecule has 0 spiro atoms. The third-order valence-corrected chi connectivity index (χ3v) is 6.76. The van der Waals surface area contributed by atoms with Gasteiger partial charge in [-0.05, 0) is 82.8 Å². The lowest BCUT2D eigenvalue weighted by molar-refractivity contribution is 0.199. The van der Waals surface area contributed by atoms with E-state index in [0.29, 0.717) is 5.92 Å². The molecule has 0 saturated heterocycles. The number of fused-ring (bicyclic) bond motifs is 2. The fraction of sp³-hybridized carbons (Fsp3) is 0.944. The van der Waals surface area contributed by atoms with E-state index in [1.54, 1.807) is 0 Å². The van der Waals surface area contributed by atoms with Crippen LogP contribution in [-0.4, -0.2) is 37.6 Å². The summed E-state index contributed by atoms with van der Waals surface area (Å²) in [4.78, 5) is 2.54. The molecule has 5 atom stereocenters. The van der Waals surface area contributed by atoms with Gasteiger partial charge in [0.05, 0.1) is 6.07 Å². The zero-order chi connectivity index (χ0) is 14.9. The maximum atomic E-state index is 9.53. The van der Waals surface area contributed by atoms with Crippen LogP contribution >= 0.6 is 0 Å². The zero-order valence-electron chi connectivity index (χ0n) is 13.8. The molecular formula is C18H31N3. The molecule has 2 bridgehead atoms. The molecule has 3 fully saturated rings. The van der Waals surface area contributed by atoms with Crippen molar-refractivity contribution in [1.29, 1.82) is 5.26 Å². The number of nitriles is 1. The maximum Gasteiger partial charge on any atom is 0.109 e. The first kappa shape index (κ1) is 15.3. The molecule has 0 aromatic heterocycles. The highest BCUT2D eigenvalue weighted by Gasteiger charge is 2.42. The summed E-state index contributed by atoms with van der Waals surface area (Å²) in [7, 11) is 4.24.